The van der Waals surface area contributed by atoms with Gasteiger partial charge in [0.2, 0.25) is 5.89 Å². The second kappa shape index (κ2) is 6.86. The molecule has 1 aliphatic heterocycles. The quantitative estimate of drug-likeness (QED) is 0.733. The second-order valence-electron chi connectivity index (χ2n) is 6.80. The number of piperazine rings is 1. The van der Waals surface area contributed by atoms with E-state index in [0.29, 0.717) is 12.3 Å². The summed E-state index contributed by atoms with van der Waals surface area (Å²) in [5.41, 5.74) is 0. The molecule has 130 valence electrons. The van der Waals surface area contributed by atoms with Gasteiger partial charge in [0.15, 0.2) is 5.82 Å². The molecule has 1 saturated carbocycles. The average molecular weight is 342 g/mol. The van der Waals surface area contributed by atoms with E-state index in [1.807, 2.05) is 0 Å². The van der Waals surface area contributed by atoms with E-state index in [9.17, 15) is 8.42 Å². The largest absolute Gasteiger partial charge is 0.338 e. The summed E-state index contributed by atoms with van der Waals surface area (Å²) in [5, 5.41) is 4.09. The first kappa shape index (κ1) is 16.9. The average Bonchev–Trinajstić information content (AvgIpc) is 3.23. The summed E-state index contributed by atoms with van der Waals surface area (Å²) in [6, 6.07) is 0.146. The fourth-order valence-electron chi connectivity index (χ4n) is 3.01. The van der Waals surface area contributed by atoms with E-state index < -0.39 is 9.84 Å². The molecule has 3 rings (SSSR count). The van der Waals surface area contributed by atoms with Gasteiger partial charge in [0.05, 0.1) is 11.8 Å². The Bertz CT molecular complexity index is 618. The molecule has 23 heavy (non-hydrogen) atoms. The molecule has 1 atom stereocenters. The van der Waals surface area contributed by atoms with Crippen molar-refractivity contribution in [1.29, 1.82) is 0 Å². The van der Waals surface area contributed by atoms with Crippen molar-refractivity contribution >= 4 is 9.84 Å². The summed E-state index contributed by atoms with van der Waals surface area (Å²) >= 11 is 0. The highest BCUT2D eigenvalue weighted by Crippen LogP contribution is 2.38. The fourth-order valence-corrected chi connectivity index (χ4v) is 3.66. The summed E-state index contributed by atoms with van der Waals surface area (Å²) in [6.07, 6.45) is 4.37. The molecular formula is C15H26N4O3S. The van der Waals surface area contributed by atoms with Crippen LogP contribution in [0, 0.1) is 0 Å². The molecular weight excluding hydrogens is 316 g/mol. The van der Waals surface area contributed by atoms with E-state index in [0.717, 1.165) is 44.4 Å². The van der Waals surface area contributed by atoms with E-state index >= 15 is 0 Å². The predicted molar refractivity (Wildman–Crippen MR) is 87.0 cm³/mol. The van der Waals surface area contributed by atoms with Crippen LogP contribution in [0.2, 0.25) is 0 Å². The Kier molecular flexibility index (Phi) is 5.03. The molecule has 1 aliphatic carbocycles. The van der Waals surface area contributed by atoms with E-state index in [4.69, 9.17) is 4.52 Å². The monoisotopic (exact) mass is 342 g/mol. The van der Waals surface area contributed by atoms with Gasteiger partial charge in [-0.25, -0.2) is 8.42 Å². The highest BCUT2D eigenvalue weighted by molar-refractivity contribution is 7.90. The molecule has 0 spiro atoms. The van der Waals surface area contributed by atoms with Gasteiger partial charge in [0, 0.05) is 38.4 Å². The first-order valence-electron chi connectivity index (χ1n) is 8.40. The number of rotatable bonds is 7. The van der Waals surface area contributed by atoms with Gasteiger partial charge in [-0.15, -0.1) is 0 Å². The lowest BCUT2D eigenvalue weighted by Gasteiger charge is -2.36. The third-order valence-electron chi connectivity index (χ3n) is 4.70. The van der Waals surface area contributed by atoms with Crippen LogP contribution in [0.3, 0.4) is 0 Å². The lowest BCUT2D eigenvalue weighted by atomic mass is 10.2. The highest BCUT2D eigenvalue weighted by Gasteiger charge is 2.31. The molecule has 7 nitrogen and oxygen atoms in total. The Morgan fingerprint density at radius 1 is 1.26 bits per heavy atom. The van der Waals surface area contributed by atoms with Gasteiger partial charge in [-0.3, -0.25) is 4.90 Å². The van der Waals surface area contributed by atoms with Crippen LogP contribution in [0.5, 0.6) is 0 Å². The molecule has 2 fully saturated rings. The lowest BCUT2D eigenvalue weighted by molar-refractivity contribution is 0.0885. The fraction of sp³-hybridized carbons (Fsp3) is 0.867. The minimum Gasteiger partial charge on any atom is -0.338 e. The zero-order valence-corrected chi connectivity index (χ0v) is 14.8. The Balaban J connectivity index is 1.44. The van der Waals surface area contributed by atoms with Crippen LogP contribution in [-0.2, 0) is 9.84 Å². The van der Waals surface area contributed by atoms with Crippen LogP contribution in [0.1, 0.15) is 49.9 Å². The zero-order valence-electron chi connectivity index (χ0n) is 13.9. The van der Waals surface area contributed by atoms with Gasteiger partial charge in [0.1, 0.15) is 9.84 Å². The van der Waals surface area contributed by atoms with E-state index in [1.165, 1.54) is 19.1 Å². The normalized spacial score (nSPS) is 22.3. The summed E-state index contributed by atoms with van der Waals surface area (Å²) in [6.45, 7) is 6.77. The Morgan fingerprint density at radius 2 is 1.96 bits per heavy atom. The third-order valence-corrected chi connectivity index (χ3v) is 5.73. The highest BCUT2D eigenvalue weighted by atomic mass is 32.2. The molecule has 1 saturated heterocycles. The van der Waals surface area contributed by atoms with Crippen molar-refractivity contribution in [1.82, 2.24) is 19.9 Å². The first-order valence-corrected chi connectivity index (χ1v) is 10.5. The standard InChI is InChI=1S/C15H26N4O3S/c1-12(15-16-14(17-22-15)13-4-5-13)19-9-7-18(8-10-19)6-3-11-23(2,20)21/h12-13H,3-11H2,1-2H3/t12-/m0/s1. The number of nitrogens with zero attached hydrogens (tertiary/aromatic N) is 4. The number of sulfone groups is 1. The lowest BCUT2D eigenvalue weighted by Crippen LogP contribution is -2.47. The van der Waals surface area contributed by atoms with Crippen molar-refractivity contribution in [2.75, 3.05) is 44.7 Å². The first-order chi connectivity index (χ1) is 10.9. The SMILES string of the molecule is C[C@@H](c1nc(C2CC2)no1)N1CCN(CCCS(C)(=O)=O)CC1. The van der Waals surface area contributed by atoms with Crippen molar-refractivity contribution in [2.45, 2.75) is 38.1 Å². The van der Waals surface area contributed by atoms with Crippen molar-refractivity contribution in [3.05, 3.63) is 11.7 Å². The van der Waals surface area contributed by atoms with E-state index in [2.05, 4.69) is 26.9 Å². The van der Waals surface area contributed by atoms with Crippen LogP contribution in [0.25, 0.3) is 0 Å². The molecule has 1 aromatic heterocycles. The minimum atomic E-state index is -2.85. The maximum Gasteiger partial charge on any atom is 0.243 e. The van der Waals surface area contributed by atoms with Crippen LogP contribution in [-0.4, -0.2) is 73.1 Å². The van der Waals surface area contributed by atoms with Gasteiger partial charge in [-0.05, 0) is 32.7 Å². The van der Waals surface area contributed by atoms with Gasteiger partial charge in [0.25, 0.3) is 0 Å². The van der Waals surface area contributed by atoms with E-state index in [1.54, 1.807) is 0 Å². The second-order valence-corrected chi connectivity index (χ2v) is 9.06. The predicted octanol–water partition coefficient (Wildman–Crippen LogP) is 1.06. The molecule has 2 aliphatic rings. The number of aromatic nitrogens is 2. The van der Waals surface area contributed by atoms with Crippen LogP contribution in [0.15, 0.2) is 4.52 Å². The van der Waals surface area contributed by atoms with Crippen LogP contribution < -0.4 is 0 Å². The van der Waals surface area contributed by atoms with Gasteiger partial charge >= 0.3 is 0 Å². The summed E-state index contributed by atoms with van der Waals surface area (Å²) < 4.78 is 27.8. The molecule has 0 radical (unpaired) electrons. The smallest absolute Gasteiger partial charge is 0.243 e. The summed E-state index contributed by atoms with van der Waals surface area (Å²) in [7, 11) is -2.85. The molecule has 0 bridgehead atoms. The molecule has 0 N–H and O–H groups in total. The van der Waals surface area contributed by atoms with Crippen LogP contribution >= 0.6 is 0 Å². The number of hydrogen-bond donors (Lipinski definition) is 0. The molecule has 0 aromatic carbocycles. The molecule has 0 unspecified atom stereocenters. The minimum absolute atomic E-state index is 0.146. The third kappa shape index (κ3) is 4.74. The van der Waals surface area contributed by atoms with Gasteiger partial charge in [-0.2, -0.15) is 4.98 Å². The van der Waals surface area contributed by atoms with Crippen molar-refractivity contribution in [3.63, 3.8) is 0 Å². The summed E-state index contributed by atoms with van der Waals surface area (Å²) in [5.74, 6) is 2.38. The van der Waals surface area contributed by atoms with Crippen molar-refractivity contribution < 1.29 is 12.9 Å². The zero-order chi connectivity index (χ0) is 16.4. The van der Waals surface area contributed by atoms with Gasteiger partial charge in [-0.1, -0.05) is 5.16 Å². The molecule has 2 heterocycles. The number of hydrogen-bond acceptors (Lipinski definition) is 7. The van der Waals surface area contributed by atoms with Crippen molar-refractivity contribution in [3.8, 4) is 0 Å². The molecule has 1 aromatic rings. The Labute approximate surface area is 137 Å². The maximum atomic E-state index is 11.2. The van der Waals surface area contributed by atoms with Crippen LogP contribution in [0.4, 0.5) is 0 Å². The Morgan fingerprint density at radius 3 is 2.57 bits per heavy atom. The maximum absolute atomic E-state index is 11.2. The summed E-state index contributed by atoms with van der Waals surface area (Å²) in [4.78, 5) is 9.23. The molecule has 0 amide bonds. The molecule has 8 heteroatoms. The topological polar surface area (TPSA) is 79.5 Å². The van der Waals surface area contributed by atoms with Crippen molar-refractivity contribution in [2.24, 2.45) is 0 Å². The Hall–Kier alpha value is -0.990. The van der Waals surface area contributed by atoms with E-state index in [-0.39, 0.29) is 11.8 Å². The van der Waals surface area contributed by atoms with Gasteiger partial charge < -0.3 is 9.42 Å².